The second-order valence-electron chi connectivity index (χ2n) is 8.04. The molecule has 0 heterocycles. The summed E-state index contributed by atoms with van der Waals surface area (Å²) in [5.41, 5.74) is 22.3. The van der Waals surface area contributed by atoms with Crippen molar-refractivity contribution in [2.75, 3.05) is 13.1 Å². The molecule has 3 aromatic carbocycles. The van der Waals surface area contributed by atoms with E-state index in [2.05, 4.69) is 84.6 Å². The second kappa shape index (κ2) is 13.4. The number of hydrogen-bond donors (Lipinski definition) is 4. The van der Waals surface area contributed by atoms with E-state index >= 15 is 0 Å². The molecule has 0 atom stereocenters. The minimum atomic E-state index is 0.0970. The lowest BCUT2D eigenvalue weighted by molar-refractivity contribution is 0.781. The third kappa shape index (κ3) is 9.54. The van der Waals surface area contributed by atoms with Gasteiger partial charge in [0.1, 0.15) is 0 Å². The molecule has 0 aliphatic carbocycles. The highest BCUT2D eigenvalue weighted by atomic mass is 79.9. The maximum atomic E-state index is 5.57. The van der Waals surface area contributed by atoms with Crippen LogP contribution in [-0.4, -0.2) is 19.0 Å². The zero-order valence-corrected chi connectivity index (χ0v) is 22.9. The molecule has 0 saturated carbocycles. The molecule has 0 fully saturated rings. The van der Waals surface area contributed by atoms with Crippen molar-refractivity contribution in [1.29, 1.82) is 0 Å². The Balaban J connectivity index is 1.74. The lowest BCUT2D eigenvalue weighted by atomic mass is 10.1. The van der Waals surface area contributed by atoms with E-state index in [4.69, 9.17) is 17.2 Å². The number of aliphatic imine (C=N–C) groups is 1. The summed E-state index contributed by atoms with van der Waals surface area (Å²) in [5, 5.41) is 3.04. The van der Waals surface area contributed by atoms with Gasteiger partial charge in [-0.05, 0) is 78.6 Å². The Hall–Kier alpha value is -3.65. The van der Waals surface area contributed by atoms with E-state index in [1.807, 2.05) is 48.5 Å². The van der Waals surface area contributed by atoms with E-state index in [-0.39, 0.29) is 5.96 Å². The topological polar surface area (TPSA) is 102 Å². The molecule has 3 aromatic rings. The molecule has 0 spiro atoms. The number of guanidine groups is 1. The first kappa shape index (κ1) is 26.9. The van der Waals surface area contributed by atoms with E-state index < -0.39 is 0 Å². The Morgan fingerprint density at radius 3 is 1.81 bits per heavy atom. The molecule has 0 bridgehead atoms. The number of nitrogens with one attached hydrogen (secondary N) is 1. The Kier molecular flexibility index (Phi) is 10.1. The van der Waals surface area contributed by atoms with Gasteiger partial charge in [0.25, 0.3) is 0 Å². The molecule has 7 heteroatoms. The first-order chi connectivity index (χ1) is 17.3. The molecule has 182 valence electrons. The standard InChI is InChI=1S/C29H27Br2N5/c1-20(32)35-11-9-25-14-23(16-27(30)18-25)7-5-21-3-2-4-22(13-21)6-8-24-15-26(19-28(31)17-24)10-12-36-29(33)34/h2-4,13-19,35H,1,9-12,32H2,(H4,33,34,36). The first-order valence-corrected chi connectivity index (χ1v) is 12.8. The molecule has 0 saturated heterocycles. The summed E-state index contributed by atoms with van der Waals surface area (Å²) >= 11 is 7.13. The van der Waals surface area contributed by atoms with Gasteiger partial charge < -0.3 is 22.5 Å². The Bertz CT molecular complexity index is 1400. The molecular formula is C29H27Br2N5. The van der Waals surface area contributed by atoms with Gasteiger partial charge in [0.05, 0.1) is 5.82 Å². The van der Waals surface area contributed by atoms with Crippen LogP contribution < -0.4 is 22.5 Å². The molecule has 0 unspecified atom stereocenters. The van der Waals surface area contributed by atoms with E-state index in [9.17, 15) is 0 Å². The fourth-order valence-corrected chi connectivity index (χ4v) is 4.46. The van der Waals surface area contributed by atoms with Crippen molar-refractivity contribution in [3.63, 3.8) is 0 Å². The summed E-state index contributed by atoms with van der Waals surface area (Å²) in [4.78, 5) is 4.05. The third-order valence-corrected chi connectivity index (χ3v) is 5.86. The molecular weight excluding hydrogens is 578 g/mol. The van der Waals surface area contributed by atoms with Gasteiger partial charge in [-0.2, -0.15) is 0 Å². The second-order valence-corrected chi connectivity index (χ2v) is 9.87. The average Bonchev–Trinajstić information content (AvgIpc) is 2.81. The van der Waals surface area contributed by atoms with Crippen LogP contribution in [0.15, 0.2) is 87.0 Å². The van der Waals surface area contributed by atoms with Crippen molar-refractivity contribution in [1.82, 2.24) is 5.32 Å². The highest BCUT2D eigenvalue weighted by molar-refractivity contribution is 9.10. The average molecular weight is 605 g/mol. The van der Waals surface area contributed by atoms with E-state index in [1.165, 1.54) is 0 Å². The molecule has 0 radical (unpaired) electrons. The van der Waals surface area contributed by atoms with Crippen LogP contribution in [0.25, 0.3) is 0 Å². The van der Waals surface area contributed by atoms with Gasteiger partial charge in [-0.25, -0.2) is 0 Å². The van der Waals surface area contributed by atoms with Gasteiger partial charge in [0.15, 0.2) is 5.96 Å². The van der Waals surface area contributed by atoms with E-state index in [0.29, 0.717) is 12.4 Å². The Morgan fingerprint density at radius 1 is 0.750 bits per heavy atom. The molecule has 36 heavy (non-hydrogen) atoms. The molecule has 0 aromatic heterocycles. The summed E-state index contributed by atoms with van der Waals surface area (Å²) in [6, 6.07) is 20.2. The number of nitrogens with two attached hydrogens (primary N) is 3. The highest BCUT2D eigenvalue weighted by Gasteiger charge is 2.00. The largest absolute Gasteiger partial charge is 0.386 e. The van der Waals surface area contributed by atoms with Crippen LogP contribution in [-0.2, 0) is 12.8 Å². The van der Waals surface area contributed by atoms with Crippen LogP contribution in [0.2, 0.25) is 0 Å². The van der Waals surface area contributed by atoms with Crippen molar-refractivity contribution in [3.05, 3.63) is 115 Å². The lowest BCUT2D eigenvalue weighted by Crippen LogP contribution is -2.23. The van der Waals surface area contributed by atoms with Gasteiger partial charge in [-0.1, -0.05) is 68.2 Å². The summed E-state index contributed by atoms with van der Waals surface area (Å²) in [6.07, 6.45) is 1.55. The van der Waals surface area contributed by atoms with Gasteiger partial charge >= 0.3 is 0 Å². The Morgan fingerprint density at radius 2 is 1.28 bits per heavy atom. The van der Waals surface area contributed by atoms with Crippen molar-refractivity contribution in [2.24, 2.45) is 22.2 Å². The zero-order valence-electron chi connectivity index (χ0n) is 19.7. The molecule has 7 N–H and O–H groups in total. The maximum Gasteiger partial charge on any atom is 0.185 e. The molecule has 3 rings (SSSR count). The number of benzene rings is 3. The SMILES string of the molecule is C=C(N)NCCc1cc(Br)cc(C#Cc2cccc(C#Cc3cc(Br)cc(CCN=C(N)N)c3)c2)c1. The van der Waals surface area contributed by atoms with Crippen molar-refractivity contribution < 1.29 is 0 Å². The van der Waals surface area contributed by atoms with Gasteiger partial charge in [0, 0.05) is 44.3 Å². The fourth-order valence-electron chi connectivity index (χ4n) is 3.38. The summed E-state index contributed by atoms with van der Waals surface area (Å²) in [7, 11) is 0. The predicted octanol–water partition coefficient (Wildman–Crippen LogP) is 4.39. The zero-order chi connectivity index (χ0) is 25.9. The Labute approximate surface area is 229 Å². The number of hydrogen-bond acceptors (Lipinski definition) is 3. The van der Waals surface area contributed by atoms with E-state index in [1.54, 1.807) is 0 Å². The quantitative estimate of drug-likeness (QED) is 0.182. The minimum absolute atomic E-state index is 0.0970. The van der Waals surface area contributed by atoms with Crippen molar-refractivity contribution in [2.45, 2.75) is 12.8 Å². The van der Waals surface area contributed by atoms with Gasteiger partial charge in [-0.3, -0.25) is 4.99 Å². The first-order valence-electron chi connectivity index (χ1n) is 11.2. The molecule has 0 aliphatic heterocycles. The van der Waals surface area contributed by atoms with Gasteiger partial charge in [-0.15, -0.1) is 0 Å². The van der Waals surface area contributed by atoms with Crippen LogP contribution >= 0.6 is 31.9 Å². The smallest absolute Gasteiger partial charge is 0.185 e. The van der Waals surface area contributed by atoms with Crippen LogP contribution in [0.5, 0.6) is 0 Å². The monoisotopic (exact) mass is 603 g/mol. The highest BCUT2D eigenvalue weighted by Crippen LogP contribution is 2.17. The number of nitrogens with zero attached hydrogens (tertiary/aromatic N) is 1. The number of rotatable bonds is 7. The summed E-state index contributed by atoms with van der Waals surface area (Å²) < 4.78 is 1.95. The molecule has 5 nitrogen and oxygen atoms in total. The molecule has 0 amide bonds. The fraction of sp³-hybridized carbons (Fsp3) is 0.138. The summed E-state index contributed by atoms with van der Waals surface area (Å²) in [5.74, 6) is 13.6. The summed E-state index contributed by atoms with van der Waals surface area (Å²) in [6.45, 7) is 4.91. The lowest BCUT2D eigenvalue weighted by Gasteiger charge is -2.06. The maximum absolute atomic E-state index is 5.57. The minimum Gasteiger partial charge on any atom is -0.386 e. The molecule has 0 aliphatic rings. The van der Waals surface area contributed by atoms with Crippen LogP contribution in [0.4, 0.5) is 0 Å². The predicted molar refractivity (Wildman–Crippen MR) is 156 cm³/mol. The van der Waals surface area contributed by atoms with E-state index in [0.717, 1.165) is 61.7 Å². The number of halogens is 2. The van der Waals surface area contributed by atoms with Crippen LogP contribution in [0.1, 0.15) is 33.4 Å². The normalized spacial score (nSPS) is 9.83. The van der Waals surface area contributed by atoms with Crippen LogP contribution in [0.3, 0.4) is 0 Å². The van der Waals surface area contributed by atoms with Crippen LogP contribution in [0, 0.1) is 23.7 Å². The third-order valence-electron chi connectivity index (χ3n) is 4.94. The van der Waals surface area contributed by atoms with Crippen molar-refractivity contribution in [3.8, 4) is 23.7 Å². The van der Waals surface area contributed by atoms with Crippen molar-refractivity contribution >= 4 is 37.8 Å². The van der Waals surface area contributed by atoms with Gasteiger partial charge in [0.2, 0.25) is 0 Å².